The Balaban J connectivity index is 2.28. The fourth-order valence-corrected chi connectivity index (χ4v) is 3.16. The molecule has 0 aliphatic carbocycles. The van der Waals surface area contributed by atoms with Gasteiger partial charge in [0.25, 0.3) is 5.65 Å². The van der Waals surface area contributed by atoms with Gasteiger partial charge in [-0.25, -0.2) is 4.57 Å². The molecule has 0 unspecified atom stereocenters. The second kappa shape index (κ2) is 4.45. The van der Waals surface area contributed by atoms with Gasteiger partial charge in [-0.1, -0.05) is 30.3 Å². The zero-order valence-electron chi connectivity index (χ0n) is 12.2. The SMILES string of the molecule is Cc1ccccc1-n1c2ccccc2c2ccc[n+](C)c21. The van der Waals surface area contributed by atoms with Gasteiger partial charge in [0, 0.05) is 5.39 Å². The van der Waals surface area contributed by atoms with Gasteiger partial charge < -0.3 is 0 Å². The summed E-state index contributed by atoms with van der Waals surface area (Å²) >= 11 is 0. The van der Waals surface area contributed by atoms with Crippen LogP contribution in [-0.2, 0) is 7.05 Å². The van der Waals surface area contributed by atoms with Crippen LogP contribution in [0, 0.1) is 6.92 Å². The molecule has 102 valence electrons. The van der Waals surface area contributed by atoms with E-state index in [2.05, 4.69) is 90.0 Å². The Labute approximate surface area is 123 Å². The van der Waals surface area contributed by atoms with E-state index in [9.17, 15) is 0 Å². The quantitative estimate of drug-likeness (QED) is 0.465. The first-order valence-corrected chi connectivity index (χ1v) is 7.21. The predicted molar refractivity (Wildman–Crippen MR) is 86.7 cm³/mol. The maximum atomic E-state index is 2.36. The van der Waals surface area contributed by atoms with Gasteiger partial charge in [0.05, 0.1) is 18.6 Å². The minimum Gasteiger partial charge on any atom is -0.236 e. The molecule has 4 aromatic rings. The van der Waals surface area contributed by atoms with Gasteiger partial charge in [-0.05, 0) is 42.8 Å². The molecule has 0 radical (unpaired) electrons. The number of fused-ring (bicyclic) bond motifs is 3. The number of pyridine rings is 1. The van der Waals surface area contributed by atoms with Crippen LogP contribution in [0.5, 0.6) is 0 Å². The molecule has 0 saturated heterocycles. The third-order valence-electron chi connectivity index (χ3n) is 4.15. The van der Waals surface area contributed by atoms with E-state index in [0.29, 0.717) is 0 Å². The van der Waals surface area contributed by atoms with Crippen LogP contribution in [0.3, 0.4) is 0 Å². The molecule has 0 amide bonds. The first-order valence-electron chi connectivity index (χ1n) is 7.21. The third-order valence-corrected chi connectivity index (χ3v) is 4.15. The van der Waals surface area contributed by atoms with Crippen LogP contribution in [0.15, 0.2) is 66.9 Å². The Morgan fingerprint density at radius 2 is 1.52 bits per heavy atom. The Kier molecular flexibility index (Phi) is 2.58. The number of hydrogen-bond acceptors (Lipinski definition) is 0. The van der Waals surface area contributed by atoms with Crippen LogP contribution in [0.25, 0.3) is 27.6 Å². The fraction of sp³-hybridized carbons (Fsp3) is 0.105. The summed E-state index contributed by atoms with van der Waals surface area (Å²) in [5, 5.41) is 2.59. The van der Waals surface area contributed by atoms with E-state index in [1.807, 2.05) is 0 Å². The minimum atomic E-state index is 1.23. The summed E-state index contributed by atoms with van der Waals surface area (Å²) in [6.07, 6.45) is 2.11. The van der Waals surface area contributed by atoms with Crippen molar-refractivity contribution in [1.29, 1.82) is 0 Å². The summed E-state index contributed by atoms with van der Waals surface area (Å²) in [5.74, 6) is 0. The minimum absolute atomic E-state index is 1.23. The highest BCUT2D eigenvalue weighted by atomic mass is 15.1. The Morgan fingerprint density at radius 3 is 2.38 bits per heavy atom. The fourth-order valence-electron chi connectivity index (χ4n) is 3.16. The van der Waals surface area contributed by atoms with Gasteiger partial charge in [-0.15, -0.1) is 0 Å². The number of nitrogens with zero attached hydrogens (tertiary/aromatic N) is 2. The van der Waals surface area contributed by atoms with Gasteiger partial charge in [0.2, 0.25) is 0 Å². The summed E-state index contributed by atoms with van der Waals surface area (Å²) in [5.41, 5.74) is 5.01. The molecule has 2 nitrogen and oxygen atoms in total. The Morgan fingerprint density at radius 1 is 0.810 bits per heavy atom. The molecule has 2 heterocycles. The van der Waals surface area contributed by atoms with E-state index in [-0.39, 0.29) is 0 Å². The van der Waals surface area contributed by atoms with Gasteiger partial charge in [0.1, 0.15) is 11.2 Å². The third kappa shape index (κ3) is 1.69. The van der Waals surface area contributed by atoms with E-state index >= 15 is 0 Å². The van der Waals surface area contributed by atoms with Crippen molar-refractivity contribution in [3.8, 4) is 5.69 Å². The first kappa shape index (κ1) is 12.2. The lowest BCUT2D eigenvalue weighted by molar-refractivity contribution is -0.647. The van der Waals surface area contributed by atoms with E-state index < -0.39 is 0 Å². The summed E-state index contributed by atoms with van der Waals surface area (Å²) in [7, 11) is 2.11. The van der Waals surface area contributed by atoms with Crippen molar-refractivity contribution in [3.05, 3.63) is 72.4 Å². The van der Waals surface area contributed by atoms with Crippen molar-refractivity contribution in [2.75, 3.05) is 0 Å². The maximum absolute atomic E-state index is 2.36. The average Bonchev–Trinajstić information content (AvgIpc) is 2.84. The smallest absolute Gasteiger partial charge is 0.236 e. The molecule has 21 heavy (non-hydrogen) atoms. The molecule has 0 fully saturated rings. The van der Waals surface area contributed by atoms with Crippen molar-refractivity contribution in [3.63, 3.8) is 0 Å². The monoisotopic (exact) mass is 273 g/mol. The molecule has 0 N–H and O–H groups in total. The summed E-state index contributed by atoms with van der Waals surface area (Å²) in [6, 6.07) is 21.5. The molecule has 4 rings (SSSR count). The normalized spacial score (nSPS) is 11.3. The number of rotatable bonds is 1. The summed E-state index contributed by atoms with van der Waals surface area (Å²) < 4.78 is 4.56. The van der Waals surface area contributed by atoms with Crippen molar-refractivity contribution in [2.24, 2.45) is 7.05 Å². The van der Waals surface area contributed by atoms with E-state index in [1.165, 1.54) is 33.2 Å². The highest BCUT2D eigenvalue weighted by molar-refractivity contribution is 6.06. The molecular weight excluding hydrogens is 256 g/mol. The second-order valence-electron chi connectivity index (χ2n) is 5.50. The average molecular weight is 273 g/mol. The maximum Gasteiger partial charge on any atom is 0.294 e. The van der Waals surface area contributed by atoms with Gasteiger partial charge in [-0.3, -0.25) is 0 Å². The number of benzene rings is 2. The van der Waals surface area contributed by atoms with Gasteiger partial charge >= 0.3 is 0 Å². The number of hydrogen-bond donors (Lipinski definition) is 0. The Hall–Kier alpha value is -2.61. The molecule has 0 atom stereocenters. The molecule has 0 saturated carbocycles. The van der Waals surface area contributed by atoms with Crippen molar-refractivity contribution in [2.45, 2.75) is 6.92 Å². The Bertz CT molecular complexity index is 964. The van der Waals surface area contributed by atoms with Gasteiger partial charge in [0.15, 0.2) is 0 Å². The predicted octanol–water partition coefficient (Wildman–Crippen LogP) is 3.92. The van der Waals surface area contributed by atoms with Crippen LogP contribution in [0.1, 0.15) is 5.56 Å². The molecule has 0 aliphatic rings. The van der Waals surface area contributed by atoms with Crippen LogP contribution < -0.4 is 4.57 Å². The molecular formula is C19H17N2+. The zero-order chi connectivity index (χ0) is 14.4. The molecule has 2 aromatic heterocycles. The summed E-state index contributed by atoms with van der Waals surface area (Å²) in [4.78, 5) is 0. The molecule has 2 aromatic carbocycles. The van der Waals surface area contributed by atoms with Crippen LogP contribution in [-0.4, -0.2) is 4.57 Å². The number of aromatic nitrogens is 2. The molecule has 0 aliphatic heterocycles. The zero-order valence-corrected chi connectivity index (χ0v) is 12.2. The molecule has 2 heteroatoms. The highest BCUT2D eigenvalue weighted by Gasteiger charge is 2.21. The van der Waals surface area contributed by atoms with E-state index in [0.717, 1.165) is 0 Å². The first-order chi connectivity index (χ1) is 10.3. The summed E-state index contributed by atoms with van der Waals surface area (Å²) in [6.45, 7) is 2.17. The van der Waals surface area contributed by atoms with Gasteiger partial charge in [-0.2, -0.15) is 4.57 Å². The van der Waals surface area contributed by atoms with Crippen LogP contribution in [0.2, 0.25) is 0 Å². The van der Waals surface area contributed by atoms with Crippen molar-refractivity contribution < 1.29 is 4.57 Å². The molecule has 0 spiro atoms. The number of para-hydroxylation sites is 2. The largest absolute Gasteiger partial charge is 0.294 e. The second-order valence-corrected chi connectivity index (χ2v) is 5.50. The number of aryl methyl sites for hydroxylation is 2. The lowest BCUT2D eigenvalue weighted by Gasteiger charge is -2.04. The van der Waals surface area contributed by atoms with Crippen molar-refractivity contribution >= 4 is 21.9 Å². The standard InChI is InChI=1S/C19H17N2/c1-14-8-3-5-11-17(14)21-18-12-6-4-9-15(18)16-10-7-13-20(2)19(16)21/h3-13H,1-2H3/q+1. The molecule has 0 bridgehead atoms. The highest BCUT2D eigenvalue weighted by Crippen LogP contribution is 2.30. The lowest BCUT2D eigenvalue weighted by atomic mass is 10.2. The van der Waals surface area contributed by atoms with E-state index in [1.54, 1.807) is 0 Å². The van der Waals surface area contributed by atoms with Crippen molar-refractivity contribution in [1.82, 2.24) is 4.57 Å². The van der Waals surface area contributed by atoms with Crippen LogP contribution >= 0.6 is 0 Å². The van der Waals surface area contributed by atoms with E-state index in [4.69, 9.17) is 0 Å². The lowest BCUT2D eigenvalue weighted by Crippen LogP contribution is -2.30. The van der Waals surface area contributed by atoms with Crippen LogP contribution in [0.4, 0.5) is 0 Å². The topological polar surface area (TPSA) is 8.81 Å².